The van der Waals surface area contributed by atoms with Crippen LogP contribution in [-0.2, 0) is 4.74 Å². The Morgan fingerprint density at radius 1 is 0.340 bits per heavy atom. The SMILES string of the molecule is CCCCCCCCCCCCCCCCCCC(Cl)C(O)COCC(O)C(Cl)CCCCCCCCCCCCCCCCCC. The number of aliphatic hydroxyl groups excluding tert-OH is 2. The molecular formula is C42H84Cl2O3. The fourth-order valence-electron chi connectivity index (χ4n) is 6.68. The van der Waals surface area contributed by atoms with Crippen LogP contribution in [0.2, 0.25) is 0 Å². The summed E-state index contributed by atoms with van der Waals surface area (Å²) in [7, 11) is 0. The van der Waals surface area contributed by atoms with Gasteiger partial charge in [-0.3, -0.25) is 0 Å². The number of aliphatic hydroxyl groups is 2. The molecule has 0 saturated carbocycles. The molecule has 0 rings (SSSR count). The van der Waals surface area contributed by atoms with Gasteiger partial charge in [0, 0.05) is 0 Å². The summed E-state index contributed by atoms with van der Waals surface area (Å²) in [6, 6.07) is 0. The van der Waals surface area contributed by atoms with Gasteiger partial charge in [-0.25, -0.2) is 0 Å². The maximum absolute atomic E-state index is 10.4. The highest BCUT2D eigenvalue weighted by Gasteiger charge is 2.20. The van der Waals surface area contributed by atoms with Gasteiger partial charge in [-0.05, 0) is 12.8 Å². The van der Waals surface area contributed by atoms with Crippen molar-refractivity contribution in [1.29, 1.82) is 0 Å². The Bertz CT molecular complexity index is 530. The number of rotatable bonds is 40. The lowest BCUT2D eigenvalue weighted by atomic mass is 10.0. The second-order valence-electron chi connectivity index (χ2n) is 14.9. The van der Waals surface area contributed by atoms with Crippen LogP contribution in [0, 0.1) is 0 Å². The van der Waals surface area contributed by atoms with Crippen LogP contribution < -0.4 is 0 Å². The van der Waals surface area contributed by atoms with Gasteiger partial charge in [0.25, 0.3) is 0 Å². The molecule has 0 aromatic heterocycles. The van der Waals surface area contributed by atoms with Crippen LogP contribution in [0.25, 0.3) is 0 Å². The first-order valence-electron chi connectivity index (χ1n) is 21.2. The normalized spacial score (nSPS) is 14.4. The molecule has 0 aliphatic rings. The third kappa shape index (κ3) is 36.1. The highest BCUT2D eigenvalue weighted by molar-refractivity contribution is 6.21. The lowest BCUT2D eigenvalue weighted by molar-refractivity contribution is -0.0106. The van der Waals surface area contributed by atoms with Gasteiger partial charge in [-0.15, -0.1) is 23.2 Å². The lowest BCUT2D eigenvalue weighted by Gasteiger charge is -2.20. The first-order chi connectivity index (χ1) is 23.0. The molecule has 0 bridgehead atoms. The van der Waals surface area contributed by atoms with Gasteiger partial charge in [0.05, 0.1) is 36.2 Å². The molecule has 0 aliphatic carbocycles. The molecule has 0 spiro atoms. The van der Waals surface area contributed by atoms with Gasteiger partial charge in [-0.2, -0.15) is 0 Å². The molecular weight excluding hydrogens is 623 g/mol. The van der Waals surface area contributed by atoms with Crippen LogP contribution >= 0.6 is 23.2 Å². The zero-order chi connectivity index (χ0) is 34.5. The fourth-order valence-corrected chi connectivity index (χ4v) is 7.13. The van der Waals surface area contributed by atoms with Crippen molar-refractivity contribution < 1.29 is 14.9 Å². The van der Waals surface area contributed by atoms with Crippen LogP contribution in [0.4, 0.5) is 0 Å². The standard InChI is InChI=1S/C42H84Cl2O3/c1-3-5-7-9-11-13-15-17-19-21-23-25-27-29-31-33-35-39(43)41(45)37-47-38-42(46)40(44)36-34-32-30-28-26-24-22-20-18-16-14-12-10-8-6-4-2/h39-42,45-46H,3-38H2,1-2H3. The van der Waals surface area contributed by atoms with E-state index in [4.69, 9.17) is 27.9 Å². The van der Waals surface area contributed by atoms with Crippen LogP contribution in [0.15, 0.2) is 0 Å². The monoisotopic (exact) mass is 707 g/mol. The Morgan fingerprint density at radius 2 is 0.532 bits per heavy atom. The summed E-state index contributed by atoms with van der Waals surface area (Å²) in [5.74, 6) is 0. The van der Waals surface area contributed by atoms with Crippen molar-refractivity contribution >= 4 is 23.2 Å². The predicted molar refractivity (Wildman–Crippen MR) is 210 cm³/mol. The molecule has 284 valence electrons. The molecule has 47 heavy (non-hydrogen) atoms. The van der Waals surface area contributed by atoms with E-state index in [0.29, 0.717) is 0 Å². The van der Waals surface area contributed by atoms with Gasteiger partial charge >= 0.3 is 0 Å². The van der Waals surface area contributed by atoms with E-state index < -0.39 is 12.2 Å². The van der Waals surface area contributed by atoms with Crippen molar-refractivity contribution in [2.45, 2.75) is 255 Å². The molecule has 0 fully saturated rings. The number of ether oxygens (including phenoxy) is 1. The predicted octanol–water partition coefficient (Wildman–Crippen LogP) is 14.2. The van der Waals surface area contributed by atoms with Crippen LogP contribution in [0.1, 0.15) is 232 Å². The van der Waals surface area contributed by atoms with E-state index in [9.17, 15) is 10.2 Å². The molecule has 3 nitrogen and oxygen atoms in total. The largest absolute Gasteiger partial charge is 0.389 e. The van der Waals surface area contributed by atoms with E-state index in [-0.39, 0.29) is 24.0 Å². The number of alkyl halides is 2. The van der Waals surface area contributed by atoms with Crippen molar-refractivity contribution in [3.05, 3.63) is 0 Å². The molecule has 4 unspecified atom stereocenters. The van der Waals surface area contributed by atoms with Crippen LogP contribution in [-0.4, -0.2) is 46.4 Å². The summed E-state index contributed by atoms with van der Waals surface area (Å²) in [5.41, 5.74) is 0. The second-order valence-corrected chi connectivity index (χ2v) is 16.0. The number of unbranched alkanes of at least 4 members (excludes halogenated alkanes) is 30. The maximum Gasteiger partial charge on any atom is 0.0936 e. The first kappa shape index (κ1) is 47.5. The quantitative estimate of drug-likeness (QED) is 0.0492. The van der Waals surface area contributed by atoms with E-state index >= 15 is 0 Å². The Morgan fingerprint density at radius 3 is 0.745 bits per heavy atom. The zero-order valence-corrected chi connectivity index (χ0v) is 33.3. The molecule has 0 aromatic rings. The van der Waals surface area contributed by atoms with Crippen molar-refractivity contribution in [3.63, 3.8) is 0 Å². The summed E-state index contributed by atoms with van der Waals surface area (Å²) in [4.78, 5) is 0. The van der Waals surface area contributed by atoms with Gasteiger partial charge in [-0.1, -0.05) is 219 Å². The maximum atomic E-state index is 10.4. The van der Waals surface area contributed by atoms with Crippen molar-refractivity contribution in [1.82, 2.24) is 0 Å². The Labute approximate surface area is 305 Å². The van der Waals surface area contributed by atoms with Crippen molar-refractivity contribution in [2.75, 3.05) is 13.2 Å². The summed E-state index contributed by atoms with van der Waals surface area (Å²) >= 11 is 12.9. The molecule has 2 N–H and O–H groups in total. The third-order valence-electron chi connectivity index (χ3n) is 10.1. The molecule has 0 saturated heterocycles. The molecule has 0 aromatic carbocycles. The second kappa shape index (κ2) is 39.2. The Balaban J connectivity index is 3.47. The summed E-state index contributed by atoms with van der Waals surface area (Å²) in [6.45, 7) is 4.89. The fraction of sp³-hybridized carbons (Fsp3) is 1.00. The minimum absolute atomic E-state index is 0.159. The van der Waals surface area contributed by atoms with E-state index in [1.54, 1.807) is 0 Å². The van der Waals surface area contributed by atoms with Crippen LogP contribution in [0.5, 0.6) is 0 Å². The van der Waals surface area contributed by atoms with Gasteiger partial charge in [0.1, 0.15) is 0 Å². The van der Waals surface area contributed by atoms with E-state index in [1.165, 1.54) is 193 Å². The molecule has 4 atom stereocenters. The molecule has 0 aliphatic heterocycles. The zero-order valence-electron chi connectivity index (χ0n) is 31.8. The van der Waals surface area contributed by atoms with Gasteiger partial charge in [0.15, 0.2) is 0 Å². The number of hydrogen-bond acceptors (Lipinski definition) is 3. The average molecular weight is 708 g/mol. The van der Waals surface area contributed by atoms with Gasteiger partial charge in [0.2, 0.25) is 0 Å². The van der Waals surface area contributed by atoms with E-state index in [0.717, 1.165) is 25.7 Å². The highest BCUT2D eigenvalue weighted by atomic mass is 35.5. The molecule has 5 heteroatoms. The van der Waals surface area contributed by atoms with Crippen molar-refractivity contribution in [3.8, 4) is 0 Å². The molecule has 0 heterocycles. The first-order valence-corrected chi connectivity index (χ1v) is 22.1. The Kier molecular flexibility index (Phi) is 39.6. The van der Waals surface area contributed by atoms with E-state index in [1.807, 2.05) is 0 Å². The number of halogens is 2. The third-order valence-corrected chi connectivity index (χ3v) is 11.1. The number of hydrogen-bond donors (Lipinski definition) is 2. The summed E-state index contributed by atoms with van der Waals surface area (Å²) < 4.78 is 5.60. The molecule has 0 radical (unpaired) electrons. The average Bonchev–Trinajstić information content (AvgIpc) is 3.07. The summed E-state index contributed by atoms with van der Waals surface area (Å²) in [5, 5.41) is 20.2. The van der Waals surface area contributed by atoms with Gasteiger partial charge < -0.3 is 14.9 Å². The Hall–Kier alpha value is 0.460. The van der Waals surface area contributed by atoms with Crippen molar-refractivity contribution in [2.24, 2.45) is 0 Å². The minimum Gasteiger partial charge on any atom is -0.389 e. The smallest absolute Gasteiger partial charge is 0.0936 e. The topological polar surface area (TPSA) is 49.7 Å². The molecule has 0 amide bonds. The highest BCUT2D eigenvalue weighted by Crippen LogP contribution is 2.19. The summed E-state index contributed by atoms with van der Waals surface area (Å²) in [6.07, 6.45) is 43.5. The van der Waals surface area contributed by atoms with Crippen LogP contribution in [0.3, 0.4) is 0 Å². The lowest BCUT2D eigenvalue weighted by Crippen LogP contribution is -2.31. The minimum atomic E-state index is -0.700. The van der Waals surface area contributed by atoms with E-state index in [2.05, 4.69) is 13.8 Å².